The van der Waals surface area contributed by atoms with E-state index in [1.807, 2.05) is 10.3 Å². The maximum Gasteiger partial charge on any atom is 0.258 e. The van der Waals surface area contributed by atoms with Crippen molar-refractivity contribution in [2.75, 3.05) is 26.2 Å². The molecule has 0 spiro atoms. The molecular weight excluding hydrogens is 312 g/mol. The number of carbonyl (C=O) groups excluding carboxylic acids is 1. The number of rotatable bonds is 3. The van der Waals surface area contributed by atoms with Crippen molar-refractivity contribution in [2.45, 2.75) is 19.9 Å². The maximum absolute atomic E-state index is 12.2. The van der Waals surface area contributed by atoms with Gasteiger partial charge in [-0.25, -0.2) is 4.98 Å². The molecule has 1 amide bonds. The summed E-state index contributed by atoms with van der Waals surface area (Å²) in [6.45, 7) is 6.07. The predicted octanol–water partition coefficient (Wildman–Crippen LogP) is 1.06. The lowest BCUT2D eigenvalue weighted by Gasteiger charge is -2.34. The summed E-state index contributed by atoms with van der Waals surface area (Å²) in [4.78, 5) is 33.8. The van der Waals surface area contributed by atoms with Gasteiger partial charge in [-0.1, -0.05) is 6.92 Å². The van der Waals surface area contributed by atoms with Crippen LogP contribution in [0.25, 0.3) is 4.96 Å². The fourth-order valence-corrected chi connectivity index (χ4v) is 3.96. The number of aromatic nitrogens is 2. The summed E-state index contributed by atoms with van der Waals surface area (Å²) in [5.41, 5.74) is 0.788. The molecule has 0 unspecified atom stereocenters. The second kappa shape index (κ2) is 5.72. The third-order valence-corrected chi connectivity index (χ3v) is 5.61. The number of hydrogen-bond donors (Lipinski definition) is 0. The number of thiazole rings is 1. The average molecular weight is 332 g/mol. The molecule has 0 aromatic carbocycles. The molecule has 1 aliphatic heterocycles. The molecular formula is C16H20N4O2S. The fraction of sp³-hybridized carbons (Fsp3) is 0.562. The van der Waals surface area contributed by atoms with Crippen LogP contribution < -0.4 is 5.56 Å². The Hall–Kier alpha value is -1.73. The van der Waals surface area contributed by atoms with Gasteiger partial charge in [0.1, 0.15) is 0 Å². The summed E-state index contributed by atoms with van der Waals surface area (Å²) in [5, 5.41) is 1.87. The van der Waals surface area contributed by atoms with E-state index < -0.39 is 0 Å². The van der Waals surface area contributed by atoms with Crippen LogP contribution in [0.1, 0.15) is 19.0 Å². The van der Waals surface area contributed by atoms with Gasteiger partial charge in [-0.3, -0.25) is 18.9 Å². The summed E-state index contributed by atoms with van der Waals surface area (Å²) < 4.78 is 1.57. The van der Waals surface area contributed by atoms with Crippen LogP contribution in [0.4, 0.5) is 0 Å². The second-order valence-corrected chi connectivity index (χ2v) is 7.44. The number of hydrogen-bond acceptors (Lipinski definition) is 5. The van der Waals surface area contributed by atoms with E-state index in [2.05, 4.69) is 16.8 Å². The van der Waals surface area contributed by atoms with E-state index in [0.717, 1.165) is 43.3 Å². The van der Waals surface area contributed by atoms with Gasteiger partial charge in [0.25, 0.3) is 5.56 Å². The first-order valence-electron chi connectivity index (χ1n) is 8.09. The second-order valence-electron chi connectivity index (χ2n) is 6.56. The molecule has 0 bridgehead atoms. The highest BCUT2D eigenvalue weighted by atomic mass is 32.1. The van der Waals surface area contributed by atoms with Gasteiger partial charge in [0.2, 0.25) is 5.91 Å². The van der Waals surface area contributed by atoms with E-state index in [1.54, 1.807) is 16.7 Å². The maximum atomic E-state index is 12.2. The first-order valence-corrected chi connectivity index (χ1v) is 8.97. The van der Waals surface area contributed by atoms with Crippen molar-refractivity contribution in [3.8, 4) is 0 Å². The highest BCUT2D eigenvalue weighted by Gasteiger charge is 2.41. The lowest BCUT2D eigenvalue weighted by Crippen LogP contribution is -2.49. The molecule has 6 nitrogen and oxygen atoms in total. The van der Waals surface area contributed by atoms with Gasteiger partial charge < -0.3 is 4.90 Å². The Balaban J connectivity index is 1.38. The van der Waals surface area contributed by atoms with Crippen LogP contribution in [0.15, 0.2) is 22.4 Å². The van der Waals surface area contributed by atoms with Crippen LogP contribution in [-0.4, -0.2) is 51.3 Å². The van der Waals surface area contributed by atoms with Gasteiger partial charge in [0, 0.05) is 56.3 Å². The average Bonchev–Trinajstić information content (AvgIpc) is 3.07. The zero-order valence-corrected chi connectivity index (χ0v) is 14.0. The number of amides is 1. The summed E-state index contributed by atoms with van der Waals surface area (Å²) in [7, 11) is 0. The van der Waals surface area contributed by atoms with Gasteiger partial charge in [-0.05, 0) is 12.3 Å². The van der Waals surface area contributed by atoms with Crippen molar-refractivity contribution < 1.29 is 4.79 Å². The summed E-state index contributed by atoms with van der Waals surface area (Å²) in [5.74, 6) is 1.16. The zero-order valence-electron chi connectivity index (χ0n) is 13.1. The van der Waals surface area contributed by atoms with Gasteiger partial charge >= 0.3 is 0 Å². The fourth-order valence-electron chi connectivity index (χ4n) is 3.22. The Bertz CT molecular complexity index is 791. The third kappa shape index (κ3) is 2.90. The Morgan fingerprint density at radius 1 is 1.35 bits per heavy atom. The molecule has 3 heterocycles. The van der Waals surface area contributed by atoms with Crippen molar-refractivity contribution >= 4 is 22.2 Å². The Morgan fingerprint density at radius 2 is 2.09 bits per heavy atom. The van der Waals surface area contributed by atoms with Crippen molar-refractivity contribution in [1.29, 1.82) is 0 Å². The summed E-state index contributed by atoms with van der Waals surface area (Å²) in [6, 6.07) is 1.61. The van der Waals surface area contributed by atoms with Crippen LogP contribution in [-0.2, 0) is 11.3 Å². The molecule has 2 aromatic rings. The molecule has 4 rings (SSSR count). The van der Waals surface area contributed by atoms with Crippen LogP contribution in [0.3, 0.4) is 0 Å². The van der Waals surface area contributed by atoms with E-state index in [9.17, 15) is 9.59 Å². The Kier molecular flexibility index (Phi) is 3.69. The van der Waals surface area contributed by atoms with Gasteiger partial charge in [-0.2, -0.15) is 0 Å². The first-order chi connectivity index (χ1) is 11.1. The first kappa shape index (κ1) is 14.8. The zero-order chi connectivity index (χ0) is 16.0. The minimum absolute atomic E-state index is 0.0252. The molecule has 1 saturated heterocycles. The molecule has 0 N–H and O–H groups in total. The monoisotopic (exact) mass is 332 g/mol. The standard InChI is InChI=1S/C16H20N4O2S/c1-11-8-13(11)15(22)19-4-2-18(3-5-19)10-12-9-14(21)20-6-7-23-16(20)17-12/h6-7,9,11,13H,2-5,8,10H2,1H3/t11-,13+/m1/s1. The van der Waals surface area contributed by atoms with Crippen LogP contribution in [0, 0.1) is 11.8 Å². The van der Waals surface area contributed by atoms with Crippen molar-refractivity contribution in [3.05, 3.63) is 33.7 Å². The highest BCUT2D eigenvalue weighted by molar-refractivity contribution is 7.15. The number of carbonyl (C=O) groups is 1. The smallest absolute Gasteiger partial charge is 0.258 e. The predicted molar refractivity (Wildman–Crippen MR) is 88.5 cm³/mol. The Labute approximate surface area is 138 Å². The van der Waals surface area contributed by atoms with E-state index in [0.29, 0.717) is 18.4 Å². The number of piperazine rings is 1. The molecule has 7 heteroatoms. The summed E-state index contributed by atoms with van der Waals surface area (Å²) >= 11 is 1.47. The van der Waals surface area contributed by atoms with Crippen molar-refractivity contribution in [3.63, 3.8) is 0 Å². The minimum Gasteiger partial charge on any atom is -0.340 e. The molecule has 1 saturated carbocycles. The Morgan fingerprint density at radius 3 is 2.78 bits per heavy atom. The van der Waals surface area contributed by atoms with Crippen LogP contribution in [0.5, 0.6) is 0 Å². The molecule has 2 atom stereocenters. The number of nitrogens with zero attached hydrogens (tertiary/aromatic N) is 4. The molecule has 2 aromatic heterocycles. The summed E-state index contributed by atoms with van der Waals surface area (Å²) in [6.07, 6.45) is 2.80. The van der Waals surface area contributed by atoms with Gasteiger partial charge in [0.15, 0.2) is 4.96 Å². The lowest BCUT2D eigenvalue weighted by molar-refractivity contribution is -0.134. The van der Waals surface area contributed by atoms with Crippen molar-refractivity contribution in [2.24, 2.45) is 11.8 Å². The molecule has 23 heavy (non-hydrogen) atoms. The van der Waals surface area contributed by atoms with E-state index in [1.165, 1.54) is 11.3 Å². The molecule has 0 radical (unpaired) electrons. The van der Waals surface area contributed by atoms with E-state index in [4.69, 9.17) is 0 Å². The molecule has 2 fully saturated rings. The molecule has 122 valence electrons. The van der Waals surface area contributed by atoms with Gasteiger partial charge in [0.05, 0.1) is 5.69 Å². The SMILES string of the molecule is C[C@@H]1C[C@@H]1C(=O)N1CCN(Cc2cc(=O)n3ccsc3n2)CC1. The lowest BCUT2D eigenvalue weighted by atomic mass is 10.2. The van der Waals surface area contributed by atoms with Crippen LogP contribution in [0.2, 0.25) is 0 Å². The molecule has 1 aliphatic carbocycles. The van der Waals surface area contributed by atoms with E-state index >= 15 is 0 Å². The highest BCUT2D eigenvalue weighted by Crippen LogP contribution is 2.39. The van der Waals surface area contributed by atoms with Crippen molar-refractivity contribution in [1.82, 2.24) is 19.2 Å². The molecule has 2 aliphatic rings. The quantitative estimate of drug-likeness (QED) is 0.843. The topological polar surface area (TPSA) is 57.9 Å². The normalized spacial score (nSPS) is 25.0. The minimum atomic E-state index is -0.0252. The van der Waals surface area contributed by atoms with Crippen LogP contribution >= 0.6 is 11.3 Å². The third-order valence-electron chi connectivity index (χ3n) is 4.85. The number of fused-ring (bicyclic) bond motifs is 1. The van der Waals surface area contributed by atoms with E-state index in [-0.39, 0.29) is 11.5 Å². The largest absolute Gasteiger partial charge is 0.340 e. The van der Waals surface area contributed by atoms with Gasteiger partial charge in [-0.15, -0.1) is 11.3 Å².